The van der Waals surface area contributed by atoms with Crippen LogP contribution in [0.25, 0.3) is 9.69 Å². The molecule has 4 aromatic rings. The Bertz CT molecular complexity index is 1940. The number of rotatable bonds is 7. The predicted molar refractivity (Wildman–Crippen MR) is 191 cm³/mol. The molecule has 0 fully saturated rings. The van der Waals surface area contributed by atoms with Gasteiger partial charge in [0.2, 0.25) is 0 Å². The van der Waals surface area contributed by atoms with Crippen molar-refractivity contribution in [3.8, 4) is 0 Å². The predicted octanol–water partition coefficient (Wildman–Crippen LogP) is 11.8. The molecular formula is C32H25Br3Cl2F6N6O2. The minimum atomic E-state index is -4.66. The second-order valence-electron chi connectivity index (χ2n) is 11.4. The number of benzene rings is 2. The Morgan fingerprint density at radius 1 is 0.824 bits per heavy atom. The summed E-state index contributed by atoms with van der Waals surface area (Å²) in [5.41, 5.74) is -3.68. The Labute approximate surface area is 323 Å². The number of H-pyrrole nitrogens is 1. The first-order valence-corrected chi connectivity index (χ1v) is 17.1. The molecule has 0 saturated carbocycles. The number of aromatic nitrogens is 4. The van der Waals surface area contributed by atoms with Gasteiger partial charge in [0.1, 0.15) is 14.7 Å². The molecule has 4 rings (SSSR count). The van der Waals surface area contributed by atoms with Crippen molar-refractivity contribution >= 4 is 93.9 Å². The summed E-state index contributed by atoms with van der Waals surface area (Å²) in [5.74, 6) is -0.570. The summed E-state index contributed by atoms with van der Waals surface area (Å²) in [6.07, 6.45) is -6.60. The summed E-state index contributed by atoms with van der Waals surface area (Å²) in [5, 5.41) is 11.2. The number of nitrogens with one attached hydrogen (secondary N) is 1. The molecule has 0 amide bonds. The quantitative estimate of drug-likeness (QED) is 0.114. The summed E-state index contributed by atoms with van der Waals surface area (Å²) in [4.78, 5) is 30.1. The lowest BCUT2D eigenvalue weighted by Crippen LogP contribution is -2.37. The van der Waals surface area contributed by atoms with E-state index in [0.717, 1.165) is 28.9 Å². The minimum Gasteiger partial charge on any atom is -0.298 e. The number of Topliss-reactive ketones (excluding diaryl/α,β-unsaturated/α-hetero) is 2. The maximum absolute atomic E-state index is 13.0. The maximum atomic E-state index is 13.0. The van der Waals surface area contributed by atoms with Gasteiger partial charge in [-0.05, 0) is 70.7 Å². The summed E-state index contributed by atoms with van der Waals surface area (Å²) < 4.78 is 79.0. The van der Waals surface area contributed by atoms with E-state index in [2.05, 4.69) is 72.8 Å². The molecule has 0 saturated heterocycles. The molecule has 0 aliphatic carbocycles. The average Bonchev–Trinajstić information content (AvgIpc) is 3.58. The first-order chi connectivity index (χ1) is 23.3. The number of hydrogen-bond donors (Lipinski definition) is 1. The van der Waals surface area contributed by atoms with Gasteiger partial charge >= 0.3 is 12.4 Å². The van der Waals surface area contributed by atoms with Gasteiger partial charge in [0.25, 0.3) is 0 Å². The van der Waals surface area contributed by atoms with Gasteiger partial charge in [-0.1, -0.05) is 75.5 Å². The summed E-state index contributed by atoms with van der Waals surface area (Å²) >= 11 is 20.8. The van der Waals surface area contributed by atoms with E-state index in [1.807, 2.05) is 0 Å². The molecule has 0 atom stereocenters. The highest BCUT2D eigenvalue weighted by Crippen LogP contribution is 2.38. The lowest BCUT2D eigenvalue weighted by atomic mass is 9.93. The SMILES string of the molecule is Clc1cn[nH]c1Br.[C-]#[N+]c1ccc(CC(=O)C(C)(C)Br)cc1C(F)(F)F.[C-]#[N+]c1ccc(CC(=O)C(C)(C)n2cc(Cl)c(Br)n2)cc1C(F)(F)F. The fourth-order valence-corrected chi connectivity index (χ4v) is 4.67. The van der Waals surface area contributed by atoms with Gasteiger partial charge in [0.05, 0.1) is 44.8 Å². The third-order valence-electron chi connectivity index (χ3n) is 6.80. The van der Waals surface area contributed by atoms with E-state index in [4.69, 9.17) is 36.3 Å². The molecule has 0 bridgehead atoms. The molecule has 0 aliphatic rings. The fourth-order valence-electron chi connectivity index (χ4n) is 3.83. The second-order valence-corrected chi connectivity index (χ2v) is 15.7. The Kier molecular flexibility index (Phi) is 15.1. The van der Waals surface area contributed by atoms with Crippen molar-refractivity contribution in [3.63, 3.8) is 0 Å². The van der Waals surface area contributed by atoms with Crippen LogP contribution in [0.4, 0.5) is 37.7 Å². The van der Waals surface area contributed by atoms with Gasteiger partial charge in [-0.3, -0.25) is 19.4 Å². The van der Waals surface area contributed by atoms with Crippen LogP contribution in [0.5, 0.6) is 0 Å². The number of aromatic amines is 1. The van der Waals surface area contributed by atoms with Gasteiger partial charge in [0, 0.05) is 19.0 Å². The van der Waals surface area contributed by atoms with Crippen molar-refractivity contribution < 1.29 is 35.9 Å². The highest BCUT2D eigenvalue weighted by atomic mass is 79.9. The van der Waals surface area contributed by atoms with Crippen molar-refractivity contribution in [2.24, 2.45) is 0 Å². The van der Waals surface area contributed by atoms with E-state index in [1.54, 1.807) is 27.7 Å². The van der Waals surface area contributed by atoms with Crippen LogP contribution in [-0.4, -0.2) is 35.9 Å². The highest BCUT2D eigenvalue weighted by molar-refractivity contribution is 9.11. The molecule has 272 valence electrons. The molecule has 0 unspecified atom stereocenters. The van der Waals surface area contributed by atoms with Crippen LogP contribution in [0.3, 0.4) is 0 Å². The van der Waals surface area contributed by atoms with Crippen molar-refractivity contribution in [2.45, 2.75) is 62.8 Å². The van der Waals surface area contributed by atoms with Gasteiger partial charge in [-0.15, -0.1) is 0 Å². The first kappa shape index (κ1) is 43.9. The molecule has 0 radical (unpaired) electrons. The lowest BCUT2D eigenvalue weighted by molar-refractivity contribution is -0.137. The molecule has 8 nitrogen and oxygen atoms in total. The Hall–Kier alpha value is -3.22. The first-order valence-electron chi connectivity index (χ1n) is 14.0. The van der Waals surface area contributed by atoms with Crippen LogP contribution in [0.15, 0.2) is 58.0 Å². The second kappa shape index (κ2) is 17.5. The van der Waals surface area contributed by atoms with Gasteiger partial charge in [0.15, 0.2) is 22.9 Å². The zero-order chi connectivity index (χ0) is 39.1. The number of carbonyl (C=O) groups is 2. The molecule has 0 aliphatic heterocycles. The van der Waals surface area contributed by atoms with Gasteiger partial charge in [-0.25, -0.2) is 9.69 Å². The third kappa shape index (κ3) is 12.5. The van der Waals surface area contributed by atoms with Crippen LogP contribution in [0.1, 0.15) is 49.9 Å². The van der Waals surface area contributed by atoms with Crippen LogP contribution < -0.4 is 0 Å². The van der Waals surface area contributed by atoms with E-state index in [0.29, 0.717) is 14.6 Å². The normalized spacial score (nSPS) is 11.7. The van der Waals surface area contributed by atoms with Crippen LogP contribution in [0, 0.1) is 13.1 Å². The molecule has 51 heavy (non-hydrogen) atoms. The zero-order valence-corrected chi connectivity index (χ0v) is 33.0. The van der Waals surface area contributed by atoms with Crippen molar-refractivity contribution in [1.82, 2.24) is 20.0 Å². The molecule has 1 N–H and O–H groups in total. The summed E-state index contributed by atoms with van der Waals surface area (Å²) in [7, 11) is 0. The largest absolute Gasteiger partial charge is 0.407 e. The standard InChI is InChI=1S/C16H12BrClF3N3O.C13H11BrF3NO.C3H2BrClN2/c1-15(2,24-8-11(18)14(17)23-24)13(25)7-9-4-5-12(22-3)10(6-9)16(19,20)21;1-12(2,14)11(19)7-8-4-5-10(18-3)9(6-8)13(15,16)17;4-3-2(5)1-6-7-3/h4-6,8H,7H2,1-2H3;4-6H,7H2,1-2H3;1H,(H,6,7). The number of alkyl halides is 7. The Morgan fingerprint density at radius 2 is 1.27 bits per heavy atom. The molecule has 2 aromatic heterocycles. The van der Waals surface area contributed by atoms with Crippen molar-refractivity contribution in [3.05, 3.63) is 113 Å². The van der Waals surface area contributed by atoms with Crippen LogP contribution >= 0.6 is 71.0 Å². The molecule has 19 heteroatoms. The number of ketones is 2. The summed E-state index contributed by atoms with van der Waals surface area (Å²) in [6.45, 7) is 20.0. The van der Waals surface area contributed by atoms with E-state index < -0.39 is 44.7 Å². The number of nitrogens with zero attached hydrogens (tertiary/aromatic N) is 5. The van der Waals surface area contributed by atoms with Crippen molar-refractivity contribution in [1.29, 1.82) is 0 Å². The average molecular weight is 950 g/mol. The number of carbonyl (C=O) groups excluding carboxylic acids is 2. The van der Waals surface area contributed by atoms with Crippen LogP contribution in [-0.2, 0) is 40.3 Å². The molecule has 2 aromatic carbocycles. The Balaban J connectivity index is 0.000000304. The lowest BCUT2D eigenvalue weighted by Gasteiger charge is -2.24. The highest BCUT2D eigenvalue weighted by Gasteiger charge is 2.36. The van der Waals surface area contributed by atoms with Crippen molar-refractivity contribution in [2.75, 3.05) is 0 Å². The molecule has 2 heterocycles. The minimum absolute atomic E-state index is 0.111. The topological polar surface area (TPSA) is 89.4 Å². The van der Waals surface area contributed by atoms with Crippen LogP contribution in [0.2, 0.25) is 10.0 Å². The summed E-state index contributed by atoms with van der Waals surface area (Å²) in [6, 6.07) is 6.60. The fraction of sp³-hybridized carbons (Fsp3) is 0.312. The molecule has 0 spiro atoms. The van der Waals surface area contributed by atoms with Gasteiger partial charge in [-0.2, -0.15) is 36.5 Å². The maximum Gasteiger partial charge on any atom is 0.407 e. The van der Waals surface area contributed by atoms with E-state index >= 15 is 0 Å². The van der Waals surface area contributed by atoms with Gasteiger partial charge < -0.3 is 0 Å². The number of halogens is 11. The van der Waals surface area contributed by atoms with E-state index in [9.17, 15) is 35.9 Å². The smallest absolute Gasteiger partial charge is 0.298 e. The third-order valence-corrected chi connectivity index (χ3v) is 9.45. The monoisotopic (exact) mass is 946 g/mol. The zero-order valence-electron chi connectivity index (χ0n) is 26.7. The van der Waals surface area contributed by atoms with E-state index in [1.165, 1.54) is 29.2 Å². The number of hydrogen-bond acceptors (Lipinski definition) is 4. The Morgan fingerprint density at radius 3 is 1.57 bits per heavy atom. The van der Waals surface area contributed by atoms with E-state index in [-0.39, 0.29) is 35.5 Å². The molecular weight excluding hydrogens is 925 g/mol.